The van der Waals surface area contributed by atoms with Crippen molar-refractivity contribution in [3.8, 4) is 0 Å². The van der Waals surface area contributed by atoms with Crippen molar-refractivity contribution in [3.05, 3.63) is 54.2 Å². The van der Waals surface area contributed by atoms with E-state index in [0.717, 1.165) is 30.0 Å². The Balaban J connectivity index is 0. The molecule has 2 aromatic rings. The maximum Gasteiger partial charge on any atom is 0.222 e. The first-order chi connectivity index (χ1) is 12.5. The summed E-state index contributed by atoms with van der Waals surface area (Å²) >= 11 is 0. The number of nitrogens with one attached hydrogen (secondary N) is 1. The van der Waals surface area contributed by atoms with Crippen LogP contribution in [0.1, 0.15) is 45.4 Å². The van der Waals surface area contributed by atoms with Crippen LogP contribution in [0.25, 0.3) is 0 Å². The van der Waals surface area contributed by atoms with Gasteiger partial charge in [-0.25, -0.2) is 4.98 Å². The fourth-order valence-corrected chi connectivity index (χ4v) is 1.85. The monoisotopic (exact) mass is 357 g/mol. The fourth-order valence-electron chi connectivity index (χ4n) is 1.85. The molecule has 0 radical (unpaired) electrons. The topological polar surface area (TPSA) is 76.2 Å². The molecule has 0 aliphatic carbocycles. The van der Waals surface area contributed by atoms with E-state index in [9.17, 15) is 0 Å². The van der Waals surface area contributed by atoms with Gasteiger partial charge < -0.3 is 16.0 Å². The number of hydrogen-bond acceptors (Lipinski definition) is 5. The number of benzene rings is 1. The molecule has 0 aliphatic rings. The van der Waals surface area contributed by atoms with Gasteiger partial charge in [-0.2, -0.15) is 4.98 Å². The maximum absolute atomic E-state index is 5.61. The van der Waals surface area contributed by atoms with Gasteiger partial charge in [0.2, 0.25) is 5.95 Å². The average Bonchev–Trinajstić information content (AvgIpc) is 2.59. The number of allylic oxidation sites excluding steroid dienone is 1. The lowest BCUT2D eigenvalue weighted by molar-refractivity contribution is 0.922. The summed E-state index contributed by atoms with van der Waals surface area (Å²) in [7, 11) is 1.64. The van der Waals surface area contributed by atoms with Crippen molar-refractivity contribution in [2.45, 2.75) is 47.5 Å². The third-order valence-electron chi connectivity index (χ3n) is 2.64. The normalized spacial score (nSPS) is 8.38. The van der Waals surface area contributed by atoms with Gasteiger partial charge in [-0.15, -0.1) is 6.58 Å². The zero-order chi connectivity index (χ0) is 20.4. The number of nitrogen functional groups attached to an aromatic ring is 1. The van der Waals surface area contributed by atoms with Crippen LogP contribution in [-0.4, -0.2) is 23.7 Å². The third kappa shape index (κ3) is 12.7. The van der Waals surface area contributed by atoms with Crippen LogP contribution >= 0.6 is 0 Å². The van der Waals surface area contributed by atoms with Gasteiger partial charge in [0.25, 0.3) is 0 Å². The number of aryl methyl sites for hydroxylation is 2. The molecule has 0 unspecified atom stereocenters. The molecule has 1 aromatic carbocycles. The van der Waals surface area contributed by atoms with Crippen molar-refractivity contribution in [2.75, 3.05) is 18.1 Å². The van der Waals surface area contributed by atoms with Crippen LogP contribution in [0, 0.1) is 6.92 Å². The van der Waals surface area contributed by atoms with Crippen molar-refractivity contribution >= 4 is 24.2 Å². The van der Waals surface area contributed by atoms with Gasteiger partial charge in [-0.1, -0.05) is 45.4 Å². The van der Waals surface area contributed by atoms with Crippen LogP contribution < -0.4 is 11.1 Å². The summed E-state index contributed by atoms with van der Waals surface area (Å²) in [6.07, 6.45) is 4.02. The standard InChI is InChI=1S/C14H18N4.C3H6.C2H5N.C2H6/c1-3-4-11-5-7-12(8-6-11)17-13-9-10(2)16-14(15)18-13;2*1-3-2;1-2/h5-9H,3-4H2,1-2H3,(H3,15,16,17,18);3H,1H2,2H3;1H2,2H3;1-2H3. The minimum absolute atomic E-state index is 0.292. The molecule has 0 spiro atoms. The number of rotatable bonds is 4. The van der Waals surface area contributed by atoms with Crippen LogP contribution in [0.5, 0.6) is 0 Å². The second-order valence-electron chi connectivity index (χ2n) is 5.05. The van der Waals surface area contributed by atoms with E-state index in [4.69, 9.17) is 5.73 Å². The Labute approximate surface area is 159 Å². The second kappa shape index (κ2) is 17.1. The maximum atomic E-state index is 5.61. The number of aliphatic imine (C=N–C) groups is 1. The Morgan fingerprint density at radius 2 is 1.69 bits per heavy atom. The summed E-state index contributed by atoms with van der Waals surface area (Å²) in [6.45, 7) is 16.4. The lowest BCUT2D eigenvalue weighted by Crippen LogP contribution is -2.01. The third-order valence-corrected chi connectivity index (χ3v) is 2.64. The molecule has 0 fully saturated rings. The minimum Gasteiger partial charge on any atom is -0.368 e. The predicted octanol–water partition coefficient (Wildman–Crippen LogP) is 5.60. The molecule has 2 rings (SSSR count). The molecule has 1 aromatic heterocycles. The van der Waals surface area contributed by atoms with E-state index in [1.54, 1.807) is 13.1 Å². The summed E-state index contributed by atoms with van der Waals surface area (Å²) in [6, 6.07) is 10.2. The Morgan fingerprint density at radius 3 is 2.12 bits per heavy atom. The molecule has 0 bridgehead atoms. The molecule has 5 heteroatoms. The molecule has 0 saturated heterocycles. The van der Waals surface area contributed by atoms with Crippen LogP contribution in [-0.2, 0) is 6.42 Å². The van der Waals surface area contributed by atoms with Crippen molar-refractivity contribution in [1.82, 2.24) is 9.97 Å². The van der Waals surface area contributed by atoms with Gasteiger partial charge in [0.15, 0.2) is 0 Å². The molecular formula is C21H35N5. The van der Waals surface area contributed by atoms with Gasteiger partial charge >= 0.3 is 0 Å². The number of nitrogens with zero attached hydrogens (tertiary/aromatic N) is 3. The molecule has 0 saturated carbocycles. The first-order valence-electron chi connectivity index (χ1n) is 8.89. The van der Waals surface area contributed by atoms with Crippen LogP contribution in [0.4, 0.5) is 17.5 Å². The highest BCUT2D eigenvalue weighted by Crippen LogP contribution is 2.17. The highest BCUT2D eigenvalue weighted by molar-refractivity contribution is 5.57. The van der Waals surface area contributed by atoms with Crippen molar-refractivity contribution in [2.24, 2.45) is 4.99 Å². The Hall–Kier alpha value is -2.69. The molecule has 144 valence electrons. The molecular weight excluding hydrogens is 322 g/mol. The van der Waals surface area contributed by atoms with E-state index < -0.39 is 0 Å². The van der Waals surface area contributed by atoms with E-state index >= 15 is 0 Å². The Morgan fingerprint density at radius 1 is 1.19 bits per heavy atom. The number of nitrogens with two attached hydrogens (primary N) is 1. The molecule has 0 atom stereocenters. The van der Waals surface area contributed by atoms with Crippen molar-refractivity contribution in [3.63, 3.8) is 0 Å². The van der Waals surface area contributed by atoms with E-state index in [2.05, 4.69) is 64.8 Å². The molecule has 0 amide bonds. The van der Waals surface area contributed by atoms with E-state index in [0.29, 0.717) is 5.95 Å². The first-order valence-corrected chi connectivity index (χ1v) is 8.89. The summed E-state index contributed by atoms with van der Waals surface area (Å²) in [5.74, 6) is 1.02. The Kier molecular flexibility index (Phi) is 16.8. The van der Waals surface area contributed by atoms with Gasteiger partial charge in [0.1, 0.15) is 5.82 Å². The Bertz CT molecular complexity index is 580. The molecule has 1 heterocycles. The van der Waals surface area contributed by atoms with Crippen LogP contribution in [0.15, 0.2) is 48.0 Å². The number of hydrogen-bond donors (Lipinski definition) is 2. The summed E-state index contributed by atoms with van der Waals surface area (Å²) < 4.78 is 0. The minimum atomic E-state index is 0.292. The first kappa shape index (κ1) is 25.5. The van der Waals surface area contributed by atoms with Gasteiger partial charge in [0, 0.05) is 24.5 Å². The largest absolute Gasteiger partial charge is 0.368 e. The molecule has 5 nitrogen and oxygen atoms in total. The summed E-state index contributed by atoms with van der Waals surface area (Å²) in [4.78, 5) is 11.4. The van der Waals surface area contributed by atoms with E-state index in [-0.39, 0.29) is 0 Å². The predicted molar refractivity (Wildman–Crippen MR) is 118 cm³/mol. The van der Waals surface area contributed by atoms with Crippen molar-refractivity contribution < 1.29 is 0 Å². The summed E-state index contributed by atoms with van der Waals surface area (Å²) in [5.41, 5.74) is 8.82. The highest BCUT2D eigenvalue weighted by Gasteiger charge is 2.00. The average molecular weight is 358 g/mol. The van der Waals surface area contributed by atoms with Gasteiger partial charge in [-0.05, 0) is 44.7 Å². The second-order valence-corrected chi connectivity index (χ2v) is 5.05. The number of aromatic nitrogens is 2. The zero-order valence-electron chi connectivity index (χ0n) is 17.2. The van der Waals surface area contributed by atoms with Crippen LogP contribution in [0.2, 0.25) is 0 Å². The lowest BCUT2D eigenvalue weighted by atomic mass is 10.1. The molecule has 3 N–H and O–H groups in total. The summed E-state index contributed by atoms with van der Waals surface area (Å²) in [5, 5.41) is 3.22. The van der Waals surface area contributed by atoms with Crippen LogP contribution in [0.3, 0.4) is 0 Å². The van der Waals surface area contributed by atoms with Crippen molar-refractivity contribution in [1.29, 1.82) is 0 Å². The quantitative estimate of drug-likeness (QED) is 0.551. The fraction of sp³-hybridized carbons (Fsp3) is 0.381. The lowest BCUT2D eigenvalue weighted by Gasteiger charge is -2.07. The SMILES string of the molecule is C=CC.C=NC.CC.CCCc1ccc(Nc2cc(C)nc(N)n2)cc1. The number of anilines is 3. The van der Waals surface area contributed by atoms with Gasteiger partial charge in [0.05, 0.1) is 0 Å². The molecule has 0 aliphatic heterocycles. The smallest absolute Gasteiger partial charge is 0.222 e. The van der Waals surface area contributed by atoms with E-state index in [1.807, 2.05) is 33.8 Å². The highest BCUT2D eigenvalue weighted by atomic mass is 15.1. The van der Waals surface area contributed by atoms with Gasteiger partial charge in [-0.3, -0.25) is 0 Å². The molecule has 26 heavy (non-hydrogen) atoms. The zero-order valence-corrected chi connectivity index (χ0v) is 17.2. The van der Waals surface area contributed by atoms with E-state index in [1.165, 1.54) is 5.56 Å².